The molecule has 7 heteroatoms. The van der Waals surface area contributed by atoms with Gasteiger partial charge in [-0.2, -0.15) is 0 Å². The van der Waals surface area contributed by atoms with Crippen molar-refractivity contribution in [1.29, 1.82) is 0 Å². The van der Waals surface area contributed by atoms with Crippen LogP contribution in [0.25, 0.3) is 0 Å². The lowest BCUT2D eigenvalue weighted by Crippen LogP contribution is -2.35. The van der Waals surface area contributed by atoms with Crippen LogP contribution in [0.3, 0.4) is 0 Å². The van der Waals surface area contributed by atoms with Crippen LogP contribution in [0.1, 0.15) is 35.2 Å². The molecule has 4 rings (SSSR count). The van der Waals surface area contributed by atoms with Gasteiger partial charge in [0.1, 0.15) is 10.7 Å². The molecule has 2 aromatic rings. The Balaban J connectivity index is 1.45. The maximum absolute atomic E-state index is 12.8. The van der Waals surface area contributed by atoms with Gasteiger partial charge in [0.05, 0.1) is 6.54 Å². The van der Waals surface area contributed by atoms with Crippen LogP contribution >= 0.6 is 11.6 Å². The van der Waals surface area contributed by atoms with E-state index in [1.807, 2.05) is 35.2 Å². The normalized spacial score (nSPS) is 17.0. The van der Waals surface area contributed by atoms with E-state index in [9.17, 15) is 14.4 Å². The highest BCUT2D eigenvalue weighted by atomic mass is 35.5. The second-order valence-electron chi connectivity index (χ2n) is 7.43. The Morgan fingerprint density at radius 1 is 0.900 bits per heavy atom. The van der Waals surface area contributed by atoms with Gasteiger partial charge in [-0.05, 0) is 49.1 Å². The van der Waals surface area contributed by atoms with Gasteiger partial charge in [-0.25, -0.2) is 0 Å². The highest BCUT2D eigenvalue weighted by molar-refractivity contribution is 6.48. The molecule has 3 amide bonds. The number of carbonyl (C=O) groups is 3. The van der Waals surface area contributed by atoms with Gasteiger partial charge < -0.3 is 10.2 Å². The van der Waals surface area contributed by atoms with E-state index in [1.54, 1.807) is 24.3 Å². The molecule has 0 aliphatic carbocycles. The van der Waals surface area contributed by atoms with E-state index in [4.69, 9.17) is 11.6 Å². The maximum atomic E-state index is 12.8. The number of halogens is 1. The van der Waals surface area contributed by atoms with Gasteiger partial charge in [0.2, 0.25) is 0 Å². The van der Waals surface area contributed by atoms with Gasteiger partial charge in [0.15, 0.2) is 0 Å². The van der Waals surface area contributed by atoms with Gasteiger partial charge in [-0.3, -0.25) is 19.3 Å². The van der Waals surface area contributed by atoms with Crippen molar-refractivity contribution in [2.24, 2.45) is 0 Å². The van der Waals surface area contributed by atoms with Crippen LogP contribution in [-0.4, -0.2) is 40.6 Å². The van der Waals surface area contributed by atoms with E-state index in [0.717, 1.165) is 42.8 Å². The summed E-state index contributed by atoms with van der Waals surface area (Å²) in [4.78, 5) is 40.8. The Morgan fingerprint density at radius 2 is 1.57 bits per heavy atom. The second kappa shape index (κ2) is 8.71. The first-order chi connectivity index (χ1) is 14.5. The predicted molar refractivity (Wildman–Crippen MR) is 115 cm³/mol. The highest BCUT2D eigenvalue weighted by Crippen LogP contribution is 2.27. The summed E-state index contributed by atoms with van der Waals surface area (Å²) >= 11 is 6.16. The molecule has 0 bridgehead atoms. The highest BCUT2D eigenvalue weighted by Gasteiger charge is 2.37. The molecule has 0 saturated carbocycles. The monoisotopic (exact) mass is 423 g/mol. The molecule has 2 aliphatic rings. The van der Waals surface area contributed by atoms with E-state index in [1.165, 1.54) is 0 Å². The molecular formula is C23H22ClN3O3. The summed E-state index contributed by atoms with van der Waals surface area (Å²) in [6, 6.07) is 16.1. The van der Waals surface area contributed by atoms with Crippen LogP contribution in [0.4, 0.5) is 5.69 Å². The number of benzene rings is 2. The number of amides is 3. The van der Waals surface area contributed by atoms with E-state index in [2.05, 4.69) is 5.32 Å². The molecule has 1 fully saturated rings. The first kappa shape index (κ1) is 20.2. The quantitative estimate of drug-likeness (QED) is 0.744. The van der Waals surface area contributed by atoms with Crippen molar-refractivity contribution >= 4 is 35.0 Å². The molecule has 1 saturated heterocycles. The molecule has 0 unspecified atom stereocenters. The molecule has 6 nitrogen and oxygen atoms in total. The Hall–Kier alpha value is -3.12. The zero-order valence-corrected chi connectivity index (χ0v) is 17.2. The standard InChI is InChI=1S/C23H22ClN3O3/c24-19-20(23(30)27(22(19)29)15-16-7-3-1-4-8-16)25-18-11-9-17(10-12-18)21(28)26-13-5-2-6-14-26/h1,3-4,7-12,25H,2,5-6,13-15H2. The molecule has 0 radical (unpaired) electrons. The predicted octanol–water partition coefficient (Wildman–Crippen LogP) is 3.74. The van der Waals surface area contributed by atoms with E-state index in [0.29, 0.717) is 11.3 Å². The van der Waals surface area contributed by atoms with Crippen molar-refractivity contribution in [3.63, 3.8) is 0 Å². The third kappa shape index (κ3) is 4.09. The fourth-order valence-electron chi connectivity index (χ4n) is 3.68. The Morgan fingerprint density at radius 3 is 2.23 bits per heavy atom. The SMILES string of the molecule is O=C(c1ccc(NC2=C(Cl)C(=O)N(Cc3ccccc3)C2=O)cc1)N1CCCCC1. The average molecular weight is 424 g/mol. The van der Waals surface area contributed by atoms with Crippen LogP contribution in [0.5, 0.6) is 0 Å². The summed E-state index contributed by atoms with van der Waals surface area (Å²) in [5, 5.41) is 2.81. The lowest BCUT2D eigenvalue weighted by Gasteiger charge is -2.26. The summed E-state index contributed by atoms with van der Waals surface area (Å²) in [5.41, 5.74) is 2.07. The minimum atomic E-state index is -0.523. The number of nitrogens with one attached hydrogen (secondary N) is 1. The van der Waals surface area contributed by atoms with Gasteiger partial charge in [0, 0.05) is 24.3 Å². The van der Waals surface area contributed by atoms with Crippen LogP contribution in [-0.2, 0) is 16.1 Å². The van der Waals surface area contributed by atoms with Crippen LogP contribution < -0.4 is 5.32 Å². The number of carbonyl (C=O) groups excluding carboxylic acids is 3. The van der Waals surface area contributed by atoms with Crippen molar-refractivity contribution in [3.8, 4) is 0 Å². The number of rotatable bonds is 5. The molecule has 2 aliphatic heterocycles. The minimum absolute atomic E-state index is 0.0136. The molecule has 1 N–H and O–H groups in total. The lowest BCUT2D eigenvalue weighted by atomic mass is 10.1. The van der Waals surface area contributed by atoms with Crippen molar-refractivity contribution in [3.05, 3.63) is 76.5 Å². The average Bonchev–Trinajstić information content (AvgIpc) is 2.99. The summed E-state index contributed by atoms with van der Waals surface area (Å²) in [6.07, 6.45) is 3.23. The summed E-state index contributed by atoms with van der Waals surface area (Å²) in [7, 11) is 0. The summed E-state index contributed by atoms with van der Waals surface area (Å²) in [6.45, 7) is 1.73. The van der Waals surface area contributed by atoms with Crippen LogP contribution in [0.15, 0.2) is 65.3 Å². The third-order valence-electron chi connectivity index (χ3n) is 5.34. The number of hydrogen-bond acceptors (Lipinski definition) is 4. The smallest absolute Gasteiger partial charge is 0.279 e. The van der Waals surface area contributed by atoms with Gasteiger partial charge in [-0.15, -0.1) is 0 Å². The van der Waals surface area contributed by atoms with Crippen molar-refractivity contribution in [2.45, 2.75) is 25.8 Å². The molecule has 2 aromatic carbocycles. The van der Waals surface area contributed by atoms with Gasteiger partial charge in [0.25, 0.3) is 17.7 Å². The molecule has 2 heterocycles. The number of nitrogens with zero attached hydrogens (tertiary/aromatic N) is 2. The lowest BCUT2D eigenvalue weighted by molar-refractivity contribution is -0.138. The van der Waals surface area contributed by atoms with Crippen molar-refractivity contribution in [1.82, 2.24) is 9.80 Å². The van der Waals surface area contributed by atoms with Crippen LogP contribution in [0.2, 0.25) is 0 Å². The zero-order chi connectivity index (χ0) is 21.1. The number of likely N-dealkylation sites (tertiary alicyclic amines) is 1. The van der Waals surface area contributed by atoms with Gasteiger partial charge in [-0.1, -0.05) is 41.9 Å². The van der Waals surface area contributed by atoms with Gasteiger partial charge >= 0.3 is 0 Å². The Kier molecular flexibility index (Phi) is 5.86. The summed E-state index contributed by atoms with van der Waals surface area (Å²) < 4.78 is 0. The molecular weight excluding hydrogens is 402 g/mol. The maximum Gasteiger partial charge on any atom is 0.279 e. The van der Waals surface area contributed by atoms with E-state index >= 15 is 0 Å². The molecule has 0 spiro atoms. The molecule has 154 valence electrons. The first-order valence-electron chi connectivity index (χ1n) is 10.0. The number of piperidine rings is 1. The first-order valence-corrected chi connectivity index (χ1v) is 10.4. The van der Waals surface area contributed by atoms with Crippen molar-refractivity contribution in [2.75, 3.05) is 18.4 Å². The molecule has 30 heavy (non-hydrogen) atoms. The van der Waals surface area contributed by atoms with Crippen LogP contribution in [0, 0.1) is 0 Å². The molecule has 0 aromatic heterocycles. The number of imide groups is 1. The largest absolute Gasteiger partial charge is 0.350 e. The number of hydrogen-bond donors (Lipinski definition) is 1. The fourth-order valence-corrected chi connectivity index (χ4v) is 3.91. The fraction of sp³-hybridized carbons (Fsp3) is 0.261. The second-order valence-corrected chi connectivity index (χ2v) is 7.80. The third-order valence-corrected chi connectivity index (χ3v) is 5.69. The number of anilines is 1. The molecule has 0 atom stereocenters. The minimum Gasteiger partial charge on any atom is -0.350 e. The summed E-state index contributed by atoms with van der Waals surface area (Å²) in [5.74, 6) is -0.980. The Labute approximate surface area is 180 Å². The zero-order valence-electron chi connectivity index (χ0n) is 16.4. The van der Waals surface area contributed by atoms with Crippen molar-refractivity contribution < 1.29 is 14.4 Å². The van der Waals surface area contributed by atoms with E-state index < -0.39 is 11.8 Å². The topological polar surface area (TPSA) is 69.7 Å². The Bertz CT molecular complexity index is 996. The van der Waals surface area contributed by atoms with E-state index in [-0.39, 0.29) is 23.2 Å².